The number of methoxy groups -OCH3 is 1. The van der Waals surface area contributed by atoms with Crippen molar-refractivity contribution in [2.45, 2.75) is 62.8 Å². The van der Waals surface area contributed by atoms with Gasteiger partial charge in [-0.2, -0.15) is 0 Å². The lowest BCUT2D eigenvalue weighted by atomic mass is 9.94. The van der Waals surface area contributed by atoms with Crippen LogP contribution in [0.25, 0.3) is 0 Å². The first-order valence-corrected chi connectivity index (χ1v) is 8.20. The molecule has 2 aliphatic carbocycles. The molecule has 114 valence electrons. The molecule has 0 aliphatic heterocycles. The Balaban J connectivity index is 1.67. The van der Waals surface area contributed by atoms with Crippen molar-refractivity contribution in [3.8, 4) is 5.75 Å². The number of nitrogens with one attached hydrogen (secondary N) is 1. The second kappa shape index (κ2) is 6.08. The van der Waals surface area contributed by atoms with Crippen molar-refractivity contribution in [3.05, 3.63) is 29.8 Å². The Hall–Kier alpha value is -1.51. The standard InChI is InChI=1S/C18H25NO2/c1-21-16-10-8-14(9-11-16)18(12-13-18)17(20)19-15-6-4-2-3-5-7-15/h8-11,15H,2-7,12-13H2,1H3,(H,19,20). The third kappa shape index (κ3) is 3.07. The van der Waals surface area contributed by atoms with Crippen LogP contribution >= 0.6 is 0 Å². The summed E-state index contributed by atoms with van der Waals surface area (Å²) in [6.07, 6.45) is 9.36. The summed E-state index contributed by atoms with van der Waals surface area (Å²) in [4.78, 5) is 12.7. The van der Waals surface area contributed by atoms with Crippen molar-refractivity contribution in [1.82, 2.24) is 5.32 Å². The molecule has 1 aromatic carbocycles. The van der Waals surface area contributed by atoms with E-state index in [1.807, 2.05) is 24.3 Å². The average Bonchev–Trinajstić information content (AvgIpc) is 3.33. The molecule has 0 unspecified atom stereocenters. The monoisotopic (exact) mass is 287 g/mol. The van der Waals surface area contributed by atoms with Crippen LogP contribution in [0.1, 0.15) is 56.9 Å². The molecule has 0 atom stereocenters. The molecule has 3 rings (SSSR count). The van der Waals surface area contributed by atoms with E-state index in [0.717, 1.165) is 37.0 Å². The van der Waals surface area contributed by atoms with E-state index in [-0.39, 0.29) is 11.3 Å². The van der Waals surface area contributed by atoms with Crippen LogP contribution in [0.15, 0.2) is 24.3 Å². The van der Waals surface area contributed by atoms with Gasteiger partial charge in [0.05, 0.1) is 12.5 Å². The van der Waals surface area contributed by atoms with E-state index in [1.54, 1.807) is 7.11 Å². The number of amides is 1. The third-order valence-corrected chi connectivity index (χ3v) is 5.02. The molecule has 0 saturated heterocycles. The smallest absolute Gasteiger partial charge is 0.230 e. The van der Waals surface area contributed by atoms with Crippen LogP contribution in [-0.4, -0.2) is 19.1 Å². The number of carbonyl (C=O) groups is 1. The number of carbonyl (C=O) groups excluding carboxylic acids is 1. The molecule has 0 radical (unpaired) electrons. The molecule has 0 bridgehead atoms. The van der Waals surface area contributed by atoms with Crippen molar-refractivity contribution in [2.24, 2.45) is 0 Å². The van der Waals surface area contributed by atoms with E-state index in [2.05, 4.69) is 5.32 Å². The van der Waals surface area contributed by atoms with Gasteiger partial charge in [0.25, 0.3) is 0 Å². The van der Waals surface area contributed by atoms with Gasteiger partial charge in [-0.1, -0.05) is 37.8 Å². The maximum atomic E-state index is 12.7. The number of hydrogen-bond donors (Lipinski definition) is 1. The second-order valence-corrected chi connectivity index (χ2v) is 6.47. The van der Waals surface area contributed by atoms with Crippen LogP contribution in [0.3, 0.4) is 0 Å². The van der Waals surface area contributed by atoms with Gasteiger partial charge in [0.15, 0.2) is 0 Å². The zero-order chi connectivity index (χ0) is 14.7. The number of benzene rings is 1. The zero-order valence-electron chi connectivity index (χ0n) is 12.9. The summed E-state index contributed by atoms with van der Waals surface area (Å²) < 4.78 is 5.20. The molecule has 3 nitrogen and oxygen atoms in total. The molecule has 21 heavy (non-hydrogen) atoms. The summed E-state index contributed by atoms with van der Waals surface area (Å²) in [7, 11) is 1.67. The first-order valence-electron chi connectivity index (χ1n) is 8.20. The highest BCUT2D eigenvalue weighted by atomic mass is 16.5. The van der Waals surface area contributed by atoms with Gasteiger partial charge in [-0.3, -0.25) is 4.79 Å². The summed E-state index contributed by atoms with van der Waals surface area (Å²) in [6, 6.07) is 8.37. The van der Waals surface area contributed by atoms with Crippen LogP contribution in [0.5, 0.6) is 5.75 Å². The van der Waals surface area contributed by atoms with E-state index in [9.17, 15) is 4.79 Å². The Labute approximate surface area is 127 Å². The molecular formula is C18H25NO2. The summed E-state index contributed by atoms with van der Waals surface area (Å²) in [5, 5.41) is 3.32. The van der Waals surface area contributed by atoms with E-state index in [4.69, 9.17) is 4.74 Å². The molecule has 1 N–H and O–H groups in total. The van der Waals surface area contributed by atoms with Gasteiger partial charge in [0, 0.05) is 6.04 Å². The van der Waals surface area contributed by atoms with E-state index in [0.29, 0.717) is 6.04 Å². The summed E-state index contributed by atoms with van der Waals surface area (Å²) >= 11 is 0. The normalized spacial score (nSPS) is 21.4. The minimum absolute atomic E-state index is 0.236. The van der Waals surface area contributed by atoms with Crippen LogP contribution in [0.4, 0.5) is 0 Å². The van der Waals surface area contributed by atoms with Crippen molar-refractivity contribution in [2.75, 3.05) is 7.11 Å². The fourth-order valence-corrected chi connectivity index (χ4v) is 3.43. The Morgan fingerprint density at radius 1 is 1.10 bits per heavy atom. The van der Waals surface area contributed by atoms with E-state index in [1.165, 1.54) is 25.7 Å². The summed E-state index contributed by atoms with van der Waals surface area (Å²) in [6.45, 7) is 0. The van der Waals surface area contributed by atoms with Gasteiger partial charge in [-0.25, -0.2) is 0 Å². The van der Waals surface area contributed by atoms with Gasteiger partial charge in [0.1, 0.15) is 5.75 Å². The van der Waals surface area contributed by atoms with Gasteiger partial charge in [-0.05, 0) is 43.4 Å². The van der Waals surface area contributed by atoms with Crippen molar-refractivity contribution in [3.63, 3.8) is 0 Å². The van der Waals surface area contributed by atoms with Crippen molar-refractivity contribution in [1.29, 1.82) is 0 Å². The van der Waals surface area contributed by atoms with Gasteiger partial charge < -0.3 is 10.1 Å². The topological polar surface area (TPSA) is 38.3 Å². The van der Waals surface area contributed by atoms with Crippen LogP contribution in [0.2, 0.25) is 0 Å². The highest BCUT2D eigenvalue weighted by molar-refractivity contribution is 5.91. The maximum absolute atomic E-state index is 12.7. The zero-order valence-corrected chi connectivity index (χ0v) is 12.9. The summed E-state index contributed by atoms with van der Waals surface area (Å²) in [5.74, 6) is 1.08. The average molecular weight is 287 g/mol. The first-order chi connectivity index (χ1) is 10.2. The summed E-state index contributed by atoms with van der Waals surface area (Å²) in [5.41, 5.74) is 0.868. The largest absolute Gasteiger partial charge is 0.497 e. The quantitative estimate of drug-likeness (QED) is 0.860. The molecule has 2 aliphatic rings. The molecule has 1 aromatic rings. The lowest BCUT2D eigenvalue weighted by Gasteiger charge is -2.21. The Bertz CT molecular complexity index is 482. The van der Waals surface area contributed by atoms with Crippen molar-refractivity contribution < 1.29 is 9.53 Å². The molecule has 2 saturated carbocycles. The molecule has 2 fully saturated rings. The lowest BCUT2D eigenvalue weighted by molar-refractivity contribution is -0.124. The predicted octanol–water partition coefficient (Wildman–Crippen LogP) is 3.57. The highest BCUT2D eigenvalue weighted by Crippen LogP contribution is 2.48. The first kappa shape index (κ1) is 14.4. The van der Waals surface area contributed by atoms with Gasteiger partial charge >= 0.3 is 0 Å². The highest BCUT2D eigenvalue weighted by Gasteiger charge is 2.51. The molecular weight excluding hydrogens is 262 g/mol. The molecule has 1 amide bonds. The number of ether oxygens (including phenoxy) is 1. The fraction of sp³-hybridized carbons (Fsp3) is 0.611. The van der Waals surface area contributed by atoms with Crippen LogP contribution in [-0.2, 0) is 10.2 Å². The Morgan fingerprint density at radius 2 is 1.71 bits per heavy atom. The minimum atomic E-state index is -0.265. The lowest BCUT2D eigenvalue weighted by Crippen LogP contribution is -2.41. The molecule has 0 heterocycles. The van der Waals surface area contributed by atoms with E-state index < -0.39 is 0 Å². The molecule has 0 aromatic heterocycles. The van der Waals surface area contributed by atoms with Crippen LogP contribution in [0, 0.1) is 0 Å². The minimum Gasteiger partial charge on any atom is -0.497 e. The predicted molar refractivity (Wildman–Crippen MR) is 83.5 cm³/mol. The number of hydrogen-bond acceptors (Lipinski definition) is 2. The van der Waals surface area contributed by atoms with Crippen molar-refractivity contribution >= 4 is 5.91 Å². The van der Waals surface area contributed by atoms with Gasteiger partial charge in [-0.15, -0.1) is 0 Å². The van der Waals surface area contributed by atoms with Crippen LogP contribution < -0.4 is 10.1 Å². The fourth-order valence-electron chi connectivity index (χ4n) is 3.43. The van der Waals surface area contributed by atoms with E-state index >= 15 is 0 Å². The SMILES string of the molecule is COc1ccc(C2(C(=O)NC3CCCCCC3)CC2)cc1. The third-order valence-electron chi connectivity index (χ3n) is 5.02. The molecule has 0 spiro atoms. The Kier molecular flexibility index (Phi) is 4.18. The maximum Gasteiger partial charge on any atom is 0.230 e. The Morgan fingerprint density at radius 3 is 2.24 bits per heavy atom. The molecule has 3 heteroatoms. The number of rotatable bonds is 4. The van der Waals surface area contributed by atoms with Gasteiger partial charge in [0.2, 0.25) is 5.91 Å². The second-order valence-electron chi connectivity index (χ2n) is 6.47.